The van der Waals surface area contributed by atoms with Crippen molar-refractivity contribution in [2.75, 3.05) is 6.61 Å². The number of carbonyl (C=O) groups excluding carboxylic acids is 4. The number of esters is 2. The molecule has 0 heterocycles. The van der Waals surface area contributed by atoms with E-state index in [-0.39, 0.29) is 23.3 Å². The molecule has 0 unspecified atom stereocenters. The number of rotatable bonds is 12. The minimum Gasteiger partial charge on any atom is -0.504 e. The number of nitro benzene ring substituents is 1. The van der Waals surface area contributed by atoms with Gasteiger partial charge < -0.3 is 19.7 Å². The first-order chi connectivity index (χ1) is 21.1. The molecular weight excluding hydrogens is 570 g/mol. The molecule has 0 atom stereocenters. The van der Waals surface area contributed by atoms with Crippen LogP contribution >= 0.6 is 0 Å². The summed E-state index contributed by atoms with van der Waals surface area (Å²) in [5, 5.41) is 33.8. The van der Waals surface area contributed by atoms with E-state index < -0.39 is 68.1 Å². The molecule has 4 aromatic rings. The summed E-state index contributed by atoms with van der Waals surface area (Å²) >= 11 is 0. The first-order valence-corrected chi connectivity index (χ1v) is 13.6. The van der Waals surface area contributed by atoms with Crippen LogP contribution in [-0.4, -0.2) is 45.2 Å². The molecule has 44 heavy (non-hydrogen) atoms. The molecule has 4 rings (SSSR count). The summed E-state index contributed by atoms with van der Waals surface area (Å²) < 4.78 is 10.8. The molecule has 4 aromatic carbocycles. The van der Waals surface area contributed by atoms with Crippen LogP contribution in [0.2, 0.25) is 0 Å². The summed E-state index contributed by atoms with van der Waals surface area (Å²) in [6, 6.07) is 19.4. The number of ketones is 2. The first kappa shape index (κ1) is 31.1. The van der Waals surface area contributed by atoms with Crippen molar-refractivity contribution in [2.24, 2.45) is 0 Å². The van der Waals surface area contributed by atoms with Crippen LogP contribution in [0.15, 0.2) is 84.9 Å². The summed E-state index contributed by atoms with van der Waals surface area (Å²) in [5.74, 6) is -7.61. The third-order valence-electron chi connectivity index (χ3n) is 6.60. The highest BCUT2D eigenvalue weighted by molar-refractivity contribution is 6.24. The average molecular weight is 598 g/mol. The van der Waals surface area contributed by atoms with Crippen LogP contribution < -0.4 is 4.74 Å². The monoisotopic (exact) mass is 597 g/mol. The van der Waals surface area contributed by atoms with Gasteiger partial charge in [0.2, 0.25) is 5.75 Å². The second kappa shape index (κ2) is 13.9. The Morgan fingerprint density at radius 1 is 0.705 bits per heavy atom. The Morgan fingerprint density at radius 3 is 1.91 bits per heavy atom. The van der Waals surface area contributed by atoms with Crippen molar-refractivity contribution in [3.63, 3.8) is 0 Å². The minimum absolute atomic E-state index is 0.00623. The van der Waals surface area contributed by atoms with Gasteiger partial charge in [0.15, 0.2) is 23.1 Å². The Labute approximate surface area is 251 Å². The Hall–Kier alpha value is -5.84. The largest absolute Gasteiger partial charge is 0.504 e. The maximum atomic E-state index is 14.1. The van der Waals surface area contributed by atoms with Gasteiger partial charge in [0.1, 0.15) is 0 Å². The van der Waals surface area contributed by atoms with E-state index in [1.807, 2.05) is 6.92 Å². The molecule has 224 valence electrons. The summed E-state index contributed by atoms with van der Waals surface area (Å²) in [6.45, 7) is 1.82. The summed E-state index contributed by atoms with van der Waals surface area (Å²) in [4.78, 5) is 65.4. The Bertz CT molecular complexity index is 1730. The Kier molecular flexibility index (Phi) is 9.81. The number of phenols is 2. The molecule has 11 nitrogen and oxygen atoms in total. The predicted octanol–water partition coefficient (Wildman–Crippen LogP) is 6.03. The van der Waals surface area contributed by atoms with Crippen molar-refractivity contribution in [3.05, 3.63) is 128 Å². The van der Waals surface area contributed by atoms with E-state index in [1.165, 1.54) is 60.7 Å². The average Bonchev–Trinajstić information content (AvgIpc) is 3.05. The smallest absolute Gasteiger partial charge is 0.343 e. The fourth-order valence-electron chi connectivity index (χ4n) is 4.40. The van der Waals surface area contributed by atoms with E-state index in [1.54, 1.807) is 12.1 Å². The van der Waals surface area contributed by atoms with Gasteiger partial charge >= 0.3 is 11.9 Å². The summed E-state index contributed by atoms with van der Waals surface area (Å²) in [6.07, 6.45) is 1.94. The molecule has 0 saturated carbocycles. The SMILES string of the molecule is CCCCCOC(=O)c1c(C(=O)c2ccccc2)c(O)c(O)c(OC(=O)c2ccccc2)c1C(=O)c1cccc([N+](=O)[O-])c1. The zero-order chi connectivity index (χ0) is 31.8. The molecule has 0 saturated heterocycles. The van der Waals surface area contributed by atoms with E-state index in [2.05, 4.69) is 0 Å². The molecule has 0 aliphatic rings. The zero-order valence-electron chi connectivity index (χ0n) is 23.5. The topological polar surface area (TPSA) is 170 Å². The van der Waals surface area contributed by atoms with Crippen molar-refractivity contribution >= 4 is 29.2 Å². The third-order valence-corrected chi connectivity index (χ3v) is 6.60. The second-order valence-corrected chi connectivity index (χ2v) is 9.58. The minimum atomic E-state index is -1.22. The van der Waals surface area contributed by atoms with Crippen LogP contribution in [0.4, 0.5) is 5.69 Å². The molecule has 0 aliphatic carbocycles. The quantitative estimate of drug-likeness (QED) is 0.0373. The molecular formula is C33H27NO10. The van der Waals surface area contributed by atoms with Crippen LogP contribution in [-0.2, 0) is 4.74 Å². The Balaban J connectivity index is 2.03. The molecule has 0 bridgehead atoms. The van der Waals surface area contributed by atoms with Gasteiger partial charge in [0.25, 0.3) is 5.69 Å². The fraction of sp³-hybridized carbons (Fsp3) is 0.152. The summed E-state index contributed by atoms with van der Waals surface area (Å²) in [5.41, 5.74) is -3.17. The van der Waals surface area contributed by atoms with E-state index >= 15 is 0 Å². The molecule has 0 aromatic heterocycles. The molecule has 2 N–H and O–H groups in total. The van der Waals surface area contributed by atoms with Gasteiger partial charge in [-0.2, -0.15) is 0 Å². The molecule has 0 fully saturated rings. The van der Waals surface area contributed by atoms with Crippen molar-refractivity contribution in [1.29, 1.82) is 0 Å². The number of unbranched alkanes of at least 4 members (excludes halogenated alkanes) is 2. The molecule has 0 amide bonds. The van der Waals surface area contributed by atoms with Crippen molar-refractivity contribution < 1.29 is 43.8 Å². The van der Waals surface area contributed by atoms with Crippen LogP contribution in [0.3, 0.4) is 0 Å². The lowest BCUT2D eigenvalue weighted by molar-refractivity contribution is -0.384. The van der Waals surface area contributed by atoms with Crippen LogP contribution in [0.25, 0.3) is 0 Å². The van der Waals surface area contributed by atoms with E-state index in [4.69, 9.17) is 9.47 Å². The van der Waals surface area contributed by atoms with E-state index in [9.17, 15) is 39.5 Å². The van der Waals surface area contributed by atoms with Gasteiger partial charge in [0, 0.05) is 23.3 Å². The molecule has 0 radical (unpaired) electrons. The van der Waals surface area contributed by atoms with Crippen molar-refractivity contribution in [3.8, 4) is 17.2 Å². The van der Waals surface area contributed by atoms with Crippen LogP contribution in [0, 0.1) is 10.1 Å². The number of nitrogens with zero attached hydrogens (tertiary/aromatic N) is 1. The lowest BCUT2D eigenvalue weighted by Gasteiger charge is -2.20. The van der Waals surface area contributed by atoms with E-state index in [0.717, 1.165) is 18.6 Å². The molecule has 0 spiro atoms. The summed E-state index contributed by atoms with van der Waals surface area (Å²) in [7, 11) is 0. The third kappa shape index (κ3) is 6.62. The number of nitro groups is 1. The van der Waals surface area contributed by atoms with Gasteiger partial charge in [-0.3, -0.25) is 19.7 Å². The number of aromatic hydroxyl groups is 2. The molecule has 11 heteroatoms. The number of carbonyl (C=O) groups is 4. The Morgan fingerprint density at radius 2 is 1.30 bits per heavy atom. The van der Waals surface area contributed by atoms with Crippen LogP contribution in [0.5, 0.6) is 17.2 Å². The maximum absolute atomic E-state index is 14.1. The number of ether oxygens (including phenoxy) is 2. The number of hydrogen-bond donors (Lipinski definition) is 2. The highest BCUT2D eigenvalue weighted by Gasteiger charge is 2.37. The van der Waals surface area contributed by atoms with Crippen molar-refractivity contribution in [2.45, 2.75) is 26.2 Å². The zero-order valence-corrected chi connectivity index (χ0v) is 23.5. The van der Waals surface area contributed by atoms with Gasteiger partial charge in [-0.05, 0) is 18.6 Å². The standard InChI is InChI=1S/C33H27NO10/c1-2-3-10-18-43-33(40)24-25(27(35)20-12-6-4-7-13-20)29(37)30(38)31(44-32(39)21-14-8-5-9-15-21)26(24)28(36)22-16-11-17-23(19-22)34(41)42/h4-9,11-17,19,37-38H,2-3,10,18H2,1H3. The van der Waals surface area contributed by atoms with Gasteiger partial charge in [-0.1, -0.05) is 80.4 Å². The second-order valence-electron chi connectivity index (χ2n) is 9.58. The van der Waals surface area contributed by atoms with Crippen molar-refractivity contribution in [1.82, 2.24) is 0 Å². The van der Waals surface area contributed by atoms with Crippen LogP contribution in [0.1, 0.15) is 78.7 Å². The fourth-order valence-corrected chi connectivity index (χ4v) is 4.40. The lowest BCUT2D eigenvalue weighted by atomic mass is 9.88. The predicted molar refractivity (Wildman–Crippen MR) is 157 cm³/mol. The number of hydrogen-bond acceptors (Lipinski definition) is 10. The number of non-ortho nitro benzene ring substituents is 1. The number of benzene rings is 4. The first-order valence-electron chi connectivity index (χ1n) is 13.6. The highest BCUT2D eigenvalue weighted by Crippen LogP contribution is 2.46. The number of phenolic OH excluding ortho intramolecular Hbond substituents is 2. The van der Waals surface area contributed by atoms with E-state index in [0.29, 0.717) is 12.8 Å². The maximum Gasteiger partial charge on any atom is 0.343 e. The van der Waals surface area contributed by atoms with Gasteiger partial charge in [-0.15, -0.1) is 0 Å². The van der Waals surface area contributed by atoms with Gasteiger partial charge in [-0.25, -0.2) is 9.59 Å². The normalized spacial score (nSPS) is 10.6. The van der Waals surface area contributed by atoms with Gasteiger partial charge in [0.05, 0.1) is 33.8 Å². The highest BCUT2D eigenvalue weighted by atomic mass is 16.6. The lowest BCUT2D eigenvalue weighted by Crippen LogP contribution is -2.22. The molecule has 0 aliphatic heterocycles.